The molecule has 10 heteroatoms. The molecule has 5 rings (SSSR count). The number of rotatable bonds is 6. The summed E-state index contributed by atoms with van der Waals surface area (Å²) in [6.45, 7) is 11.8. The van der Waals surface area contributed by atoms with Crippen LogP contribution in [0.15, 0.2) is 53.0 Å². The Bertz CT molecular complexity index is 1370. The average molecular weight is 530 g/mol. The number of nitrogens with zero attached hydrogens (tertiary/aromatic N) is 5. The lowest BCUT2D eigenvalue weighted by Gasteiger charge is -2.42. The number of benzene rings is 2. The van der Waals surface area contributed by atoms with Crippen molar-refractivity contribution >= 4 is 33.2 Å². The fourth-order valence-corrected chi connectivity index (χ4v) is 6.84. The molecular formula is C26H32FN5O2S2. The molecule has 2 N–H and O–H groups in total. The van der Waals surface area contributed by atoms with Crippen LogP contribution in [0.4, 0.5) is 4.39 Å². The Balaban J connectivity index is 0.00000304. The molecule has 0 spiro atoms. The van der Waals surface area contributed by atoms with Crippen LogP contribution >= 0.6 is 11.3 Å². The smallest absolute Gasteiger partial charge is 0.154 e. The Morgan fingerprint density at radius 3 is 2.58 bits per heavy atom. The van der Waals surface area contributed by atoms with Gasteiger partial charge in [-0.05, 0) is 67.3 Å². The van der Waals surface area contributed by atoms with Crippen molar-refractivity contribution in [3.63, 3.8) is 0 Å². The van der Waals surface area contributed by atoms with Crippen LogP contribution in [0.3, 0.4) is 0 Å². The van der Waals surface area contributed by atoms with E-state index in [0.29, 0.717) is 17.5 Å². The van der Waals surface area contributed by atoms with E-state index in [1.807, 2.05) is 23.2 Å². The predicted octanol–water partition coefficient (Wildman–Crippen LogP) is 4.45. The van der Waals surface area contributed by atoms with E-state index in [1.165, 1.54) is 29.0 Å². The molecule has 1 unspecified atom stereocenters. The normalized spacial score (nSPS) is 18.0. The van der Waals surface area contributed by atoms with Gasteiger partial charge in [-0.15, -0.1) is 11.3 Å². The molecular weight excluding hydrogens is 497 g/mol. The van der Waals surface area contributed by atoms with Crippen LogP contribution < -0.4 is 0 Å². The van der Waals surface area contributed by atoms with Gasteiger partial charge >= 0.3 is 0 Å². The standard InChI is InChI=1S/C26H30FN5OS2.H2O/c1-17(2)14-30-9-10-31(35(33)26-16-34-19(4)29-26)15-25(30)23-12-20-13-28-32(24(20)11-18(23)3)22-7-5-21(27)6-8-22;/h5-8,11-13,16-17,25H,9-10,14-15H2,1-4H3;1H2/t25-,35?;/m1./s1. The van der Waals surface area contributed by atoms with E-state index >= 15 is 0 Å². The molecule has 2 aromatic carbocycles. The third-order valence-corrected chi connectivity index (χ3v) is 8.74. The average Bonchev–Trinajstić information content (AvgIpc) is 3.44. The second kappa shape index (κ2) is 10.9. The van der Waals surface area contributed by atoms with Gasteiger partial charge in [0.05, 0.1) is 22.4 Å². The first-order chi connectivity index (χ1) is 16.8. The molecule has 3 heterocycles. The molecule has 7 nitrogen and oxygen atoms in total. The summed E-state index contributed by atoms with van der Waals surface area (Å²) >= 11 is 1.54. The summed E-state index contributed by atoms with van der Waals surface area (Å²) in [4.78, 5) is 6.99. The summed E-state index contributed by atoms with van der Waals surface area (Å²) < 4.78 is 30.7. The van der Waals surface area contributed by atoms with Gasteiger partial charge in [0, 0.05) is 43.0 Å². The maximum Gasteiger partial charge on any atom is 0.154 e. The highest BCUT2D eigenvalue weighted by Gasteiger charge is 2.33. The minimum atomic E-state index is -1.27. The summed E-state index contributed by atoms with van der Waals surface area (Å²) in [7, 11) is -1.27. The lowest BCUT2D eigenvalue weighted by molar-refractivity contribution is 0.107. The molecule has 2 atom stereocenters. The van der Waals surface area contributed by atoms with Gasteiger partial charge in [0.1, 0.15) is 16.8 Å². The van der Waals surface area contributed by atoms with Gasteiger partial charge in [0.2, 0.25) is 0 Å². The highest BCUT2D eigenvalue weighted by atomic mass is 32.2. The van der Waals surface area contributed by atoms with E-state index in [2.05, 4.69) is 52.2 Å². The molecule has 192 valence electrons. The number of hydrogen-bond donors (Lipinski definition) is 0. The van der Waals surface area contributed by atoms with Crippen LogP contribution in [-0.4, -0.2) is 59.8 Å². The van der Waals surface area contributed by atoms with Crippen molar-refractivity contribution in [2.75, 3.05) is 26.2 Å². The second-order valence-electron chi connectivity index (χ2n) is 9.55. The first-order valence-electron chi connectivity index (χ1n) is 11.9. The van der Waals surface area contributed by atoms with E-state index < -0.39 is 11.0 Å². The van der Waals surface area contributed by atoms with E-state index in [1.54, 1.807) is 12.1 Å². The SMILES string of the molecule is Cc1nc(S(=O)N2CCN(CC(C)C)[C@@H](c3cc4cnn(-c5ccc(F)cc5)c4cc3C)C2)cs1.O. The molecule has 1 aliphatic heterocycles. The van der Waals surface area contributed by atoms with Crippen LogP contribution in [-0.2, 0) is 11.0 Å². The number of aromatic nitrogens is 3. The van der Waals surface area contributed by atoms with E-state index in [-0.39, 0.29) is 17.3 Å². The minimum absolute atomic E-state index is 0. The monoisotopic (exact) mass is 529 g/mol. The van der Waals surface area contributed by atoms with Crippen molar-refractivity contribution in [2.45, 2.75) is 38.8 Å². The Hall–Kier alpha value is -2.50. The van der Waals surface area contributed by atoms with Gasteiger partial charge in [-0.1, -0.05) is 13.8 Å². The van der Waals surface area contributed by atoms with Crippen molar-refractivity contribution in [1.82, 2.24) is 24.0 Å². The molecule has 2 aromatic heterocycles. The summed E-state index contributed by atoms with van der Waals surface area (Å²) in [6.07, 6.45) is 1.87. The zero-order valence-corrected chi connectivity index (χ0v) is 22.6. The van der Waals surface area contributed by atoms with Gasteiger partial charge in [0.15, 0.2) is 5.03 Å². The maximum atomic E-state index is 13.4. The van der Waals surface area contributed by atoms with Crippen molar-refractivity contribution < 1.29 is 14.1 Å². The zero-order valence-electron chi connectivity index (χ0n) is 20.9. The Morgan fingerprint density at radius 2 is 1.92 bits per heavy atom. The van der Waals surface area contributed by atoms with Gasteiger partial charge in [-0.3, -0.25) is 4.90 Å². The minimum Gasteiger partial charge on any atom is -0.412 e. The molecule has 4 aromatic rings. The molecule has 0 saturated carbocycles. The Labute approximate surface area is 217 Å². The van der Waals surface area contributed by atoms with Crippen LogP contribution in [0.1, 0.15) is 36.0 Å². The molecule has 0 bridgehead atoms. The summed E-state index contributed by atoms with van der Waals surface area (Å²) in [5.41, 5.74) is 4.21. The highest BCUT2D eigenvalue weighted by Crippen LogP contribution is 2.33. The third kappa shape index (κ3) is 5.28. The van der Waals surface area contributed by atoms with Gasteiger partial charge in [-0.25, -0.2) is 22.6 Å². The number of fused-ring (bicyclic) bond motifs is 1. The molecule has 1 saturated heterocycles. The Kier molecular flexibility index (Phi) is 8.01. The first-order valence-corrected chi connectivity index (χ1v) is 13.9. The number of halogens is 1. The summed E-state index contributed by atoms with van der Waals surface area (Å²) in [5.74, 6) is 0.266. The molecule has 0 radical (unpaired) electrons. The van der Waals surface area contributed by atoms with E-state index in [0.717, 1.165) is 46.8 Å². The number of aryl methyl sites for hydroxylation is 2. The van der Waals surface area contributed by atoms with Crippen LogP contribution in [0.2, 0.25) is 0 Å². The summed E-state index contributed by atoms with van der Waals surface area (Å²) in [5, 5.41) is 9.11. The quantitative estimate of drug-likeness (QED) is 0.369. The second-order valence-corrected chi connectivity index (χ2v) is 12.0. The summed E-state index contributed by atoms with van der Waals surface area (Å²) in [6, 6.07) is 10.9. The number of hydrogen-bond acceptors (Lipinski definition) is 5. The lowest BCUT2D eigenvalue weighted by atomic mass is 9.96. The van der Waals surface area contributed by atoms with Crippen LogP contribution in [0.5, 0.6) is 0 Å². The number of thiazole rings is 1. The van der Waals surface area contributed by atoms with Crippen LogP contribution in [0.25, 0.3) is 16.6 Å². The van der Waals surface area contributed by atoms with Crippen molar-refractivity contribution in [3.05, 3.63) is 69.9 Å². The van der Waals surface area contributed by atoms with E-state index in [4.69, 9.17) is 0 Å². The van der Waals surface area contributed by atoms with Gasteiger partial charge < -0.3 is 5.48 Å². The van der Waals surface area contributed by atoms with Crippen molar-refractivity contribution in [3.8, 4) is 5.69 Å². The molecule has 1 aliphatic rings. The number of piperazine rings is 1. The molecule has 0 amide bonds. The molecule has 1 fully saturated rings. The fraction of sp³-hybridized carbons (Fsp3) is 0.385. The Morgan fingerprint density at radius 1 is 1.17 bits per heavy atom. The largest absolute Gasteiger partial charge is 0.412 e. The van der Waals surface area contributed by atoms with Crippen molar-refractivity contribution in [1.29, 1.82) is 0 Å². The highest BCUT2D eigenvalue weighted by molar-refractivity contribution is 7.82. The third-order valence-electron chi connectivity index (χ3n) is 6.45. The zero-order chi connectivity index (χ0) is 24.7. The van der Waals surface area contributed by atoms with Crippen LogP contribution in [0, 0.1) is 25.6 Å². The van der Waals surface area contributed by atoms with Gasteiger partial charge in [0.25, 0.3) is 0 Å². The molecule has 0 aliphatic carbocycles. The maximum absolute atomic E-state index is 13.4. The van der Waals surface area contributed by atoms with E-state index in [9.17, 15) is 8.60 Å². The first kappa shape index (κ1) is 26.6. The lowest BCUT2D eigenvalue weighted by Crippen LogP contribution is -2.50. The topological polar surface area (TPSA) is 85.8 Å². The van der Waals surface area contributed by atoms with Gasteiger partial charge in [-0.2, -0.15) is 5.10 Å². The predicted molar refractivity (Wildman–Crippen MR) is 143 cm³/mol. The fourth-order valence-electron chi connectivity index (χ4n) is 4.83. The van der Waals surface area contributed by atoms with Crippen molar-refractivity contribution in [2.24, 2.45) is 5.92 Å². The molecule has 36 heavy (non-hydrogen) atoms.